The number of amidine groups is 1. The van der Waals surface area contributed by atoms with E-state index in [2.05, 4.69) is 32.6 Å². The zero-order chi connectivity index (χ0) is 11.8. The van der Waals surface area contributed by atoms with Gasteiger partial charge in [-0.2, -0.15) is 0 Å². The van der Waals surface area contributed by atoms with Crippen molar-refractivity contribution in [3.05, 3.63) is 0 Å². The average molecular weight is 213 g/mol. The third-order valence-electron chi connectivity index (χ3n) is 3.09. The number of nitrogens with one attached hydrogen (secondary N) is 1. The first-order chi connectivity index (χ1) is 7.04. The minimum atomic E-state index is 0.310. The number of hydrogen-bond donors (Lipinski definition) is 2. The highest BCUT2D eigenvalue weighted by molar-refractivity contribution is 5.77. The lowest BCUT2D eigenvalue weighted by Gasteiger charge is -2.31. The molecule has 3 N–H and O–H groups in total. The van der Waals surface area contributed by atoms with Gasteiger partial charge in [0.1, 0.15) is 0 Å². The van der Waals surface area contributed by atoms with Crippen LogP contribution in [-0.4, -0.2) is 29.9 Å². The van der Waals surface area contributed by atoms with Crippen LogP contribution >= 0.6 is 0 Å². The molecule has 3 nitrogen and oxygen atoms in total. The quantitative estimate of drug-likeness (QED) is 0.481. The molecule has 0 aromatic heterocycles. The van der Waals surface area contributed by atoms with Crippen molar-refractivity contribution < 1.29 is 0 Å². The molecule has 0 radical (unpaired) electrons. The van der Waals surface area contributed by atoms with Crippen LogP contribution in [-0.2, 0) is 0 Å². The monoisotopic (exact) mass is 213 g/mol. The molecule has 0 aliphatic rings. The van der Waals surface area contributed by atoms with Gasteiger partial charge in [0.2, 0.25) is 0 Å². The summed E-state index contributed by atoms with van der Waals surface area (Å²) in [6.07, 6.45) is 3.00. The third kappa shape index (κ3) is 5.78. The first-order valence-corrected chi connectivity index (χ1v) is 6.11. The van der Waals surface area contributed by atoms with Crippen LogP contribution in [0.3, 0.4) is 0 Å². The molecule has 0 aliphatic heterocycles. The zero-order valence-electron chi connectivity index (χ0n) is 10.7. The Bertz CT molecular complexity index is 180. The minimum absolute atomic E-state index is 0.310. The first kappa shape index (κ1) is 14.4. The van der Waals surface area contributed by atoms with Gasteiger partial charge in [0, 0.05) is 19.0 Å². The molecule has 15 heavy (non-hydrogen) atoms. The van der Waals surface area contributed by atoms with Crippen LogP contribution in [0, 0.1) is 11.3 Å². The molecule has 0 rings (SSSR count). The number of nitrogens with two attached hydrogens (primary N) is 1. The van der Waals surface area contributed by atoms with Gasteiger partial charge in [-0.05, 0) is 18.9 Å². The van der Waals surface area contributed by atoms with E-state index in [1.165, 1.54) is 6.42 Å². The highest BCUT2D eigenvalue weighted by atomic mass is 15.1. The van der Waals surface area contributed by atoms with Crippen LogP contribution in [0.25, 0.3) is 0 Å². The van der Waals surface area contributed by atoms with E-state index in [-0.39, 0.29) is 0 Å². The van der Waals surface area contributed by atoms with Gasteiger partial charge in [-0.1, -0.05) is 34.1 Å². The van der Waals surface area contributed by atoms with E-state index in [9.17, 15) is 0 Å². The Morgan fingerprint density at radius 1 is 1.27 bits per heavy atom. The van der Waals surface area contributed by atoms with Gasteiger partial charge >= 0.3 is 0 Å². The second kappa shape index (κ2) is 7.69. The molecule has 0 aromatic carbocycles. The van der Waals surface area contributed by atoms with Crippen molar-refractivity contribution >= 4 is 5.84 Å². The summed E-state index contributed by atoms with van der Waals surface area (Å²) in [5, 5.41) is 7.37. The summed E-state index contributed by atoms with van der Waals surface area (Å²) in [5.74, 6) is 1.04. The molecule has 0 saturated carbocycles. The predicted octanol–water partition coefficient (Wildman–Crippen LogP) is 2.46. The normalized spacial score (nSPS) is 15.3. The summed E-state index contributed by atoms with van der Waals surface area (Å²) < 4.78 is 0. The fraction of sp³-hybridized carbons (Fsp3) is 0.917. The molecule has 3 heteroatoms. The van der Waals surface area contributed by atoms with Crippen molar-refractivity contribution in [2.75, 3.05) is 13.1 Å². The van der Waals surface area contributed by atoms with Crippen molar-refractivity contribution in [2.24, 2.45) is 11.7 Å². The van der Waals surface area contributed by atoms with Crippen LogP contribution in [0.5, 0.6) is 0 Å². The Morgan fingerprint density at radius 2 is 1.87 bits per heavy atom. The molecule has 0 aromatic rings. The maximum Gasteiger partial charge on any atom is 0.0921 e. The van der Waals surface area contributed by atoms with Crippen LogP contribution in [0.4, 0.5) is 0 Å². The summed E-state index contributed by atoms with van der Waals surface area (Å²) in [7, 11) is 0. The summed E-state index contributed by atoms with van der Waals surface area (Å²) >= 11 is 0. The minimum Gasteiger partial charge on any atom is -0.388 e. The molecule has 90 valence electrons. The lowest BCUT2D eigenvalue weighted by Crippen LogP contribution is -2.40. The second-order valence-corrected chi connectivity index (χ2v) is 4.39. The van der Waals surface area contributed by atoms with Crippen molar-refractivity contribution in [2.45, 2.75) is 53.0 Å². The smallest absolute Gasteiger partial charge is 0.0921 e. The molecular weight excluding hydrogens is 186 g/mol. The maximum absolute atomic E-state index is 7.37. The molecule has 0 amide bonds. The van der Waals surface area contributed by atoms with Crippen LogP contribution in [0.15, 0.2) is 0 Å². The molecule has 0 fully saturated rings. The molecule has 0 spiro atoms. The SMILES string of the molecule is CCC(C)CN(CC)C(CC)CC(=N)N. The summed E-state index contributed by atoms with van der Waals surface area (Å²) in [6, 6.07) is 0.446. The van der Waals surface area contributed by atoms with Crippen LogP contribution in [0.2, 0.25) is 0 Å². The lowest BCUT2D eigenvalue weighted by molar-refractivity contribution is 0.176. The Balaban J connectivity index is 4.26. The van der Waals surface area contributed by atoms with Crippen molar-refractivity contribution in [1.29, 1.82) is 5.41 Å². The number of rotatable bonds is 8. The fourth-order valence-electron chi connectivity index (χ4n) is 1.85. The Labute approximate surface area is 94.5 Å². The van der Waals surface area contributed by atoms with Gasteiger partial charge in [-0.15, -0.1) is 0 Å². The fourth-order valence-corrected chi connectivity index (χ4v) is 1.85. The Kier molecular flexibility index (Phi) is 7.39. The highest BCUT2D eigenvalue weighted by Gasteiger charge is 2.17. The van der Waals surface area contributed by atoms with Crippen molar-refractivity contribution in [3.63, 3.8) is 0 Å². The molecule has 2 unspecified atom stereocenters. The number of nitrogens with zero attached hydrogens (tertiary/aromatic N) is 1. The molecule has 0 aliphatic carbocycles. The van der Waals surface area contributed by atoms with Crippen molar-refractivity contribution in [3.8, 4) is 0 Å². The van der Waals surface area contributed by atoms with Crippen LogP contribution < -0.4 is 5.73 Å². The Morgan fingerprint density at radius 3 is 2.20 bits per heavy atom. The van der Waals surface area contributed by atoms with Gasteiger partial charge in [0.05, 0.1) is 5.84 Å². The van der Waals surface area contributed by atoms with Gasteiger partial charge < -0.3 is 5.73 Å². The molecule has 0 saturated heterocycles. The molecule has 0 heterocycles. The van der Waals surface area contributed by atoms with Gasteiger partial charge in [-0.3, -0.25) is 10.3 Å². The van der Waals surface area contributed by atoms with Crippen LogP contribution in [0.1, 0.15) is 47.0 Å². The maximum atomic E-state index is 7.37. The third-order valence-corrected chi connectivity index (χ3v) is 3.09. The van der Waals surface area contributed by atoms with E-state index in [0.29, 0.717) is 18.3 Å². The molecule has 0 bridgehead atoms. The highest BCUT2D eigenvalue weighted by Crippen LogP contribution is 2.12. The first-order valence-electron chi connectivity index (χ1n) is 6.11. The van der Waals surface area contributed by atoms with Gasteiger partial charge in [0.25, 0.3) is 0 Å². The predicted molar refractivity (Wildman–Crippen MR) is 67.3 cm³/mol. The van der Waals surface area contributed by atoms with Gasteiger partial charge in [0.15, 0.2) is 0 Å². The molecule has 2 atom stereocenters. The Hall–Kier alpha value is -0.570. The zero-order valence-corrected chi connectivity index (χ0v) is 10.7. The number of hydrogen-bond acceptors (Lipinski definition) is 2. The van der Waals surface area contributed by atoms with E-state index in [1.54, 1.807) is 0 Å². The van der Waals surface area contributed by atoms with E-state index >= 15 is 0 Å². The molecular formula is C12H27N3. The van der Waals surface area contributed by atoms with E-state index in [4.69, 9.17) is 11.1 Å². The lowest BCUT2D eigenvalue weighted by atomic mass is 10.0. The summed E-state index contributed by atoms with van der Waals surface area (Å²) in [4.78, 5) is 2.45. The largest absolute Gasteiger partial charge is 0.388 e. The average Bonchev–Trinajstić information content (AvgIpc) is 2.22. The van der Waals surface area contributed by atoms with Crippen molar-refractivity contribution in [1.82, 2.24) is 4.90 Å². The second-order valence-electron chi connectivity index (χ2n) is 4.39. The summed E-state index contributed by atoms with van der Waals surface area (Å²) in [6.45, 7) is 11.0. The van der Waals surface area contributed by atoms with Gasteiger partial charge in [-0.25, -0.2) is 0 Å². The van der Waals surface area contributed by atoms with E-state index < -0.39 is 0 Å². The van der Waals surface area contributed by atoms with E-state index in [0.717, 1.165) is 25.4 Å². The van der Waals surface area contributed by atoms with E-state index in [1.807, 2.05) is 0 Å². The topological polar surface area (TPSA) is 53.1 Å². The standard InChI is InChI=1S/C12H27N3/c1-5-10(4)9-15(7-3)11(6-2)8-12(13)14/h10-11H,5-9H2,1-4H3,(H3,13,14). The summed E-state index contributed by atoms with van der Waals surface area (Å²) in [5.41, 5.74) is 5.48.